The molecule has 26 heavy (non-hydrogen) atoms. The first-order valence-electron chi connectivity index (χ1n) is 9.09. The van der Waals surface area contributed by atoms with Gasteiger partial charge in [-0.05, 0) is 49.6 Å². The van der Waals surface area contributed by atoms with Gasteiger partial charge >= 0.3 is 0 Å². The second-order valence-corrected chi connectivity index (χ2v) is 6.93. The first-order chi connectivity index (χ1) is 12.7. The van der Waals surface area contributed by atoms with Crippen LogP contribution in [0.5, 0.6) is 5.75 Å². The summed E-state index contributed by atoms with van der Waals surface area (Å²) in [6, 6.07) is 9.86. The molecule has 0 bridgehead atoms. The number of fused-ring (bicyclic) bond motifs is 1. The number of nitrogens with zero attached hydrogens (tertiary/aromatic N) is 2. The number of rotatable bonds is 4. The highest BCUT2D eigenvalue weighted by atomic mass is 16.5. The van der Waals surface area contributed by atoms with Crippen LogP contribution >= 0.6 is 0 Å². The maximum absolute atomic E-state index is 12.5. The molecule has 1 aromatic carbocycles. The van der Waals surface area contributed by atoms with Crippen LogP contribution in [0.3, 0.4) is 0 Å². The molecule has 5 nitrogen and oxygen atoms in total. The summed E-state index contributed by atoms with van der Waals surface area (Å²) in [5, 5.41) is 3.06. The van der Waals surface area contributed by atoms with Crippen molar-refractivity contribution in [2.75, 3.05) is 12.4 Å². The van der Waals surface area contributed by atoms with E-state index in [0.29, 0.717) is 11.4 Å². The van der Waals surface area contributed by atoms with Crippen molar-refractivity contribution in [2.24, 2.45) is 5.92 Å². The number of aromatic nitrogens is 2. The summed E-state index contributed by atoms with van der Waals surface area (Å²) in [6.07, 6.45) is 8.21. The first-order valence-corrected chi connectivity index (χ1v) is 9.09. The molecule has 1 saturated carbocycles. The van der Waals surface area contributed by atoms with Gasteiger partial charge in [-0.3, -0.25) is 4.79 Å². The molecule has 0 aliphatic heterocycles. The highest BCUT2D eigenvalue weighted by Gasteiger charge is 2.23. The lowest BCUT2D eigenvalue weighted by molar-refractivity contribution is -0.119. The van der Waals surface area contributed by atoms with E-state index in [2.05, 4.69) is 5.32 Å². The van der Waals surface area contributed by atoms with Crippen molar-refractivity contribution < 1.29 is 9.53 Å². The predicted octanol–water partition coefficient (Wildman–Crippen LogP) is 4.45. The monoisotopic (exact) mass is 349 g/mol. The number of nitrogens with one attached hydrogen (secondary N) is 1. The molecule has 1 N–H and O–H groups in total. The van der Waals surface area contributed by atoms with E-state index in [4.69, 9.17) is 9.72 Å². The van der Waals surface area contributed by atoms with Crippen LogP contribution in [0.15, 0.2) is 42.7 Å². The Morgan fingerprint density at radius 1 is 1.27 bits per heavy atom. The van der Waals surface area contributed by atoms with Crippen molar-refractivity contribution in [1.29, 1.82) is 0 Å². The van der Waals surface area contributed by atoms with Crippen LogP contribution in [-0.2, 0) is 4.79 Å². The van der Waals surface area contributed by atoms with Gasteiger partial charge in [0, 0.05) is 23.9 Å². The molecule has 0 saturated heterocycles. The lowest BCUT2D eigenvalue weighted by Crippen LogP contribution is -2.20. The Kier molecular flexibility index (Phi) is 4.37. The van der Waals surface area contributed by atoms with Gasteiger partial charge in [0.25, 0.3) is 0 Å². The lowest BCUT2D eigenvalue weighted by atomic mass is 10.1. The highest BCUT2D eigenvalue weighted by molar-refractivity contribution is 5.95. The van der Waals surface area contributed by atoms with Gasteiger partial charge in [0.2, 0.25) is 5.91 Å². The van der Waals surface area contributed by atoms with Crippen molar-refractivity contribution in [3.63, 3.8) is 0 Å². The minimum atomic E-state index is 0.0868. The second-order valence-electron chi connectivity index (χ2n) is 6.93. The summed E-state index contributed by atoms with van der Waals surface area (Å²) in [7, 11) is 1.62. The zero-order valence-corrected chi connectivity index (χ0v) is 15.2. The van der Waals surface area contributed by atoms with Gasteiger partial charge in [0.15, 0.2) is 0 Å². The molecule has 2 aromatic heterocycles. The van der Waals surface area contributed by atoms with E-state index in [1.54, 1.807) is 7.11 Å². The van der Waals surface area contributed by atoms with Gasteiger partial charge in [-0.1, -0.05) is 18.9 Å². The van der Waals surface area contributed by atoms with Crippen LogP contribution in [0.4, 0.5) is 5.69 Å². The van der Waals surface area contributed by atoms with Crippen molar-refractivity contribution in [2.45, 2.75) is 32.6 Å². The smallest absolute Gasteiger partial charge is 0.227 e. The van der Waals surface area contributed by atoms with E-state index in [0.717, 1.165) is 48.2 Å². The average molecular weight is 349 g/mol. The SMILES string of the molecule is COc1ccc(-c2cn3cccc(C)c3n2)cc1NC(=O)C1CCCC1. The standard InChI is InChI=1S/C21H23N3O2/c1-14-6-5-11-24-13-18(22-20(14)24)16-9-10-19(26-2)17(12-16)23-21(25)15-7-3-4-8-15/h5-6,9-13,15H,3-4,7-8H2,1-2H3,(H,23,25). The third-order valence-electron chi connectivity index (χ3n) is 5.16. The van der Waals surface area contributed by atoms with Gasteiger partial charge in [0.05, 0.1) is 18.5 Å². The number of pyridine rings is 1. The Morgan fingerprint density at radius 2 is 2.08 bits per heavy atom. The Bertz CT molecular complexity index is 955. The molecule has 1 aliphatic rings. The van der Waals surface area contributed by atoms with Crippen LogP contribution in [0.1, 0.15) is 31.2 Å². The van der Waals surface area contributed by atoms with Crippen LogP contribution < -0.4 is 10.1 Å². The van der Waals surface area contributed by atoms with E-state index in [1.807, 2.05) is 54.0 Å². The van der Waals surface area contributed by atoms with Crippen molar-refractivity contribution in [3.05, 3.63) is 48.3 Å². The zero-order chi connectivity index (χ0) is 18.1. The molecule has 0 unspecified atom stereocenters. The van der Waals surface area contributed by atoms with Gasteiger partial charge in [-0.2, -0.15) is 0 Å². The molecule has 1 aliphatic carbocycles. The Labute approximate surface area is 153 Å². The topological polar surface area (TPSA) is 55.6 Å². The lowest BCUT2D eigenvalue weighted by Gasteiger charge is -2.14. The Morgan fingerprint density at radius 3 is 2.81 bits per heavy atom. The average Bonchev–Trinajstić information content (AvgIpc) is 3.32. The zero-order valence-electron chi connectivity index (χ0n) is 15.2. The Balaban J connectivity index is 1.68. The molecular formula is C21H23N3O2. The number of carbonyl (C=O) groups is 1. The molecule has 134 valence electrons. The third-order valence-corrected chi connectivity index (χ3v) is 5.16. The number of aryl methyl sites for hydroxylation is 1. The maximum Gasteiger partial charge on any atom is 0.227 e. The van der Waals surface area contributed by atoms with Crippen molar-refractivity contribution >= 4 is 17.2 Å². The normalized spacial score (nSPS) is 14.7. The number of benzene rings is 1. The van der Waals surface area contributed by atoms with Crippen LogP contribution in [0.2, 0.25) is 0 Å². The second kappa shape index (κ2) is 6.83. The summed E-state index contributed by atoms with van der Waals surface area (Å²) in [5.74, 6) is 0.866. The molecule has 5 heteroatoms. The molecule has 0 spiro atoms. The minimum absolute atomic E-state index is 0.0868. The largest absolute Gasteiger partial charge is 0.495 e. The number of ether oxygens (including phenoxy) is 1. The number of amides is 1. The van der Waals surface area contributed by atoms with E-state index in [-0.39, 0.29) is 11.8 Å². The highest BCUT2D eigenvalue weighted by Crippen LogP contribution is 2.32. The molecule has 0 atom stereocenters. The minimum Gasteiger partial charge on any atom is -0.495 e. The third kappa shape index (κ3) is 3.05. The molecule has 3 aromatic rings. The number of hydrogen-bond acceptors (Lipinski definition) is 3. The number of imidazole rings is 1. The first kappa shape index (κ1) is 16.6. The molecular weight excluding hydrogens is 326 g/mol. The molecule has 0 radical (unpaired) electrons. The number of hydrogen-bond donors (Lipinski definition) is 1. The van der Waals surface area contributed by atoms with Gasteiger partial charge in [0.1, 0.15) is 11.4 Å². The Hall–Kier alpha value is -2.82. The summed E-state index contributed by atoms with van der Waals surface area (Å²) in [6.45, 7) is 2.05. The number of carbonyl (C=O) groups excluding carboxylic acids is 1. The number of anilines is 1. The van der Waals surface area contributed by atoms with Crippen LogP contribution in [0, 0.1) is 12.8 Å². The van der Waals surface area contributed by atoms with Crippen LogP contribution in [-0.4, -0.2) is 22.4 Å². The molecule has 1 fully saturated rings. The maximum atomic E-state index is 12.5. The predicted molar refractivity (Wildman–Crippen MR) is 103 cm³/mol. The van der Waals surface area contributed by atoms with Crippen molar-refractivity contribution in [3.8, 4) is 17.0 Å². The van der Waals surface area contributed by atoms with E-state index in [1.165, 1.54) is 0 Å². The summed E-state index contributed by atoms with van der Waals surface area (Å²) >= 11 is 0. The summed E-state index contributed by atoms with van der Waals surface area (Å²) in [5.41, 5.74) is 4.60. The fourth-order valence-electron chi connectivity index (χ4n) is 3.68. The fourth-order valence-corrected chi connectivity index (χ4v) is 3.68. The van der Waals surface area contributed by atoms with E-state index >= 15 is 0 Å². The van der Waals surface area contributed by atoms with E-state index in [9.17, 15) is 4.79 Å². The summed E-state index contributed by atoms with van der Waals surface area (Å²) < 4.78 is 7.46. The summed E-state index contributed by atoms with van der Waals surface area (Å²) in [4.78, 5) is 17.3. The van der Waals surface area contributed by atoms with Gasteiger partial charge in [-0.25, -0.2) is 4.98 Å². The number of methoxy groups -OCH3 is 1. The molecule has 2 heterocycles. The van der Waals surface area contributed by atoms with Crippen molar-refractivity contribution in [1.82, 2.24) is 9.38 Å². The van der Waals surface area contributed by atoms with Gasteiger partial charge < -0.3 is 14.5 Å². The molecule has 4 rings (SSSR count). The van der Waals surface area contributed by atoms with E-state index < -0.39 is 0 Å². The van der Waals surface area contributed by atoms with Crippen LogP contribution in [0.25, 0.3) is 16.9 Å². The molecule has 1 amide bonds. The fraction of sp³-hybridized carbons (Fsp3) is 0.333. The quantitative estimate of drug-likeness (QED) is 0.757. The van der Waals surface area contributed by atoms with Gasteiger partial charge in [-0.15, -0.1) is 0 Å².